The number of anilines is 1. The smallest absolute Gasteiger partial charge is 0.251 e. The van der Waals surface area contributed by atoms with E-state index in [0.717, 1.165) is 55.3 Å². The number of amides is 1. The maximum absolute atomic E-state index is 12.7. The Kier molecular flexibility index (Phi) is 7.53. The second-order valence-electron chi connectivity index (χ2n) is 8.45. The molecule has 3 aromatic carbocycles. The second kappa shape index (κ2) is 10.7. The van der Waals surface area contributed by atoms with E-state index in [-0.39, 0.29) is 5.91 Å². The van der Waals surface area contributed by atoms with E-state index >= 15 is 0 Å². The first-order chi connectivity index (χ1) is 16.0. The summed E-state index contributed by atoms with van der Waals surface area (Å²) in [5, 5.41) is 3.74. The van der Waals surface area contributed by atoms with Crippen LogP contribution in [0.1, 0.15) is 27.0 Å². The van der Waals surface area contributed by atoms with Gasteiger partial charge in [0.2, 0.25) is 0 Å². The molecule has 1 heterocycles. The molecule has 3 aromatic rings. The Balaban J connectivity index is 1.33. The summed E-state index contributed by atoms with van der Waals surface area (Å²) in [5.74, 6) is 0.799. The van der Waals surface area contributed by atoms with Crippen LogP contribution < -0.4 is 15.0 Å². The van der Waals surface area contributed by atoms with Gasteiger partial charge in [0.15, 0.2) is 0 Å². The van der Waals surface area contributed by atoms with Crippen LogP contribution in [0.3, 0.4) is 0 Å². The van der Waals surface area contributed by atoms with Crippen molar-refractivity contribution in [3.8, 4) is 5.75 Å². The number of aryl methyl sites for hydroxylation is 1. The lowest BCUT2D eigenvalue weighted by Crippen LogP contribution is -2.46. The van der Waals surface area contributed by atoms with Gasteiger partial charge in [-0.15, -0.1) is 0 Å². The number of hydrogen-bond acceptors (Lipinski definition) is 4. The van der Waals surface area contributed by atoms with E-state index in [2.05, 4.69) is 40.2 Å². The zero-order chi connectivity index (χ0) is 23.2. The van der Waals surface area contributed by atoms with Crippen molar-refractivity contribution in [2.75, 3.05) is 38.2 Å². The van der Waals surface area contributed by atoms with Crippen LogP contribution in [0.4, 0.5) is 5.69 Å². The number of rotatable bonds is 7. The van der Waals surface area contributed by atoms with E-state index in [0.29, 0.717) is 17.1 Å². The van der Waals surface area contributed by atoms with Gasteiger partial charge in [0.1, 0.15) is 5.75 Å². The maximum Gasteiger partial charge on any atom is 0.251 e. The van der Waals surface area contributed by atoms with Crippen LogP contribution in [0.25, 0.3) is 0 Å². The number of carbonyl (C=O) groups excluding carboxylic acids is 1. The van der Waals surface area contributed by atoms with Crippen LogP contribution in [0.5, 0.6) is 5.75 Å². The third-order valence-corrected chi connectivity index (χ3v) is 6.22. The van der Waals surface area contributed by atoms with Gasteiger partial charge in [-0.3, -0.25) is 9.69 Å². The fraction of sp³-hybridized carbons (Fsp3) is 0.296. The molecule has 0 atom stereocenters. The second-order valence-corrected chi connectivity index (χ2v) is 8.89. The molecule has 0 radical (unpaired) electrons. The lowest BCUT2D eigenvalue weighted by Gasteiger charge is -2.36. The number of ether oxygens (including phenoxy) is 1. The fourth-order valence-electron chi connectivity index (χ4n) is 4.23. The molecule has 0 spiro atoms. The van der Waals surface area contributed by atoms with Crippen molar-refractivity contribution >= 4 is 23.2 Å². The Labute approximate surface area is 200 Å². The maximum atomic E-state index is 12.7. The van der Waals surface area contributed by atoms with Gasteiger partial charge in [-0.05, 0) is 48.4 Å². The third-order valence-electron chi connectivity index (χ3n) is 5.98. The SMILES string of the molecule is COc1ccc(Cl)cc1N1CCN(Cc2cccc(C(=O)NCc3cccc(C)c3)c2)CC1. The van der Waals surface area contributed by atoms with E-state index < -0.39 is 0 Å². The summed E-state index contributed by atoms with van der Waals surface area (Å²) in [6, 6.07) is 21.8. The van der Waals surface area contributed by atoms with Crippen molar-refractivity contribution < 1.29 is 9.53 Å². The summed E-state index contributed by atoms with van der Waals surface area (Å²) >= 11 is 6.21. The van der Waals surface area contributed by atoms with E-state index in [1.54, 1.807) is 7.11 Å². The molecule has 1 N–H and O–H groups in total. The van der Waals surface area contributed by atoms with Gasteiger partial charge in [0.25, 0.3) is 5.91 Å². The average molecular weight is 464 g/mol. The molecule has 6 heteroatoms. The lowest BCUT2D eigenvalue weighted by atomic mass is 10.1. The monoisotopic (exact) mass is 463 g/mol. The lowest BCUT2D eigenvalue weighted by molar-refractivity contribution is 0.0950. The van der Waals surface area contributed by atoms with Crippen LogP contribution in [-0.2, 0) is 13.1 Å². The molecule has 4 rings (SSSR count). The highest BCUT2D eigenvalue weighted by atomic mass is 35.5. The molecule has 0 aromatic heterocycles. The standard InChI is InChI=1S/C27H30ClN3O2/c1-20-5-3-6-21(15-20)18-29-27(32)23-8-4-7-22(16-23)19-30-11-13-31(14-12-30)25-17-24(28)9-10-26(25)33-2/h3-10,15-17H,11-14,18-19H2,1-2H3,(H,29,32). The van der Waals surface area contributed by atoms with Crippen LogP contribution >= 0.6 is 11.6 Å². The Morgan fingerprint density at radius 2 is 1.73 bits per heavy atom. The molecule has 1 fully saturated rings. The number of carbonyl (C=O) groups is 1. The first-order valence-electron chi connectivity index (χ1n) is 11.3. The Hall–Kier alpha value is -3.02. The molecule has 1 amide bonds. The number of nitrogens with zero attached hydrogens (tertiary/aromatic N) is 2. The summed E-state index contributed by atoms with van der Waals surface area (Å²) in [5.41, 5.74) is 5.18. The molecule has 1 aliphatic heterocycles. The van der Waals surface area contributed by atoms with Gasteiger partial charge in [0.05, 0.1) is 12.8 Å². The van der Waals surface area contributed by atoms with Crippen molar-refractivity contribution in [3.05, 3.63) is 94.0 Å². The first kappa shape index (κ1) is 23.1. The summed E-state index contributed by atoms with van der Waals surface area (Å²) in [6.07, 6.45) is 0. The Morgan fingerprint density at radius 1 is 0.970 bits per heavy atom. The topological polar surface area (TPSA) is 44.8 Å². The summed E-state index contributed by atoms with van der Waals surface area (Å²) < 4.78 is 5.51. The normalized spacial score (nSPS) is 14.2. The molecule has 0 aliphatic carbocycles. The molecule has 5 nitrogen and oxygen atoms in total. The number of methoxy groups -OCH3 is 1. The van der Waals surface area contributed by atoms with Crippen molar-refractivity contribution in [2.45, 2.75) is 20.0 Å². The summed E-state index contributed by atoms with van der Waals surface area (Å²) in [4.78, 5) is 17.4. The largest absolute Gasteiger partial charge is 0.495 e. The Bertz CT molecular complexity index is 1110. The highest BCUT2D eigenvalue weighted by Gasteiger charge is 2.20. The van der Waals surface area contributed by atoms with Gasteiger partial charge in [-0.25, -0.2) is 0 Å². The molecule has 33 heavy (non-hydrogen) atoms. The molecular formula is C27H30ClN3O2. The zero-order valence-corrected chi connectivity index (χ0v) is 19.9. The minimum Gasteiger partial charge on any atom is -0.495 e. The Morgan fingerprint density at radius 3 is 2.48 bits per heavy atom. The fourth-order valence-corrected chi connectivity index (χ4v) is 4.40. The average Bonchev–Trinajstić information content (AvgIpc) is 2.83. The van der Waals surface area contributed by atoms with Crippen molar-refractivity contribution in [3.63, 3.8) is 0 Å². The van der Waals surface area contributed by atoms with Crippen LogP contribution in [0.15, 0.2) is 66.7 Å². The highest BCUT2D eigenvalue weighted by Crippen LogP contribution is 2.32. The zero-order valence-electron chi connectivity index (χ0n) is 19.2. The number of benzene rings is 3. The first-order valence-corrected chi connectivity index (χ1v) is 11.6. The van der Waals surface area contributed by atoms with E-state index in [1.807, 2.05) is 48.5 Å². The number of halogens is 1. The summed E-state index contributed by atoms with van der Waals surface area (Å²) in [7, 11) is 1.69. The predicted molar refractivity (Wildman–Crippen MR) is 134 cm³/mol. The van der Waals surface area contributed by atoms with Crippen molar-refractivity contribution in [2.24, 2.45) is 0 Å². The molecule has 0 bridgehead atoms. The number of nitrogens with one attached hydrogen (secondary N) is 1. The van der Waals surface area contributed by atoms with Crippen molar-refractivity contribution in [1.29, 1.82) is 0 Å². The van der Waals surface area contributed by atoms with Gasteiger partial charge in [-0.1, -0.05) is 53.6 Å². The van der Waals surface area contributed by atoms with Gasteiger partial charge >= 0.3 is 0 Å². The van der Waals surface area contributed by atoms with Crippen molar-refractivity contribution in [1.82, 2.24) is 10.2 Å². The third kappa shape index (κ3) is 6.06. The van der Waals surface area contributed by atoms with E-state index in [1.165, 1.54) is 5.56 Å². The van der Waals surface area contributed by atoms with Crippen LogP contribution in [0, 0.1) is 6.92 Å². The molecule has 1 saturated heterocycles. The van der Waals surface area contributed by atoms with E-state index in [9.17, 15) is 4.79 Å². The quantitative estimate of drug-likeness (QED) is 0.540. The molecule has 172 valence electrons. The minimum absolute atomic E-state index is 0.0452. The van der Waals surface area contributed by atoms with Gasteiger partial charge < -0.3 is 15.0 Å². The highest BCUT2D eigenvalue weighted by molar-refractivity contribution is 6.30. The molecular weight excluding hydrogens is 434 g/mol. The van der Waals surface area contributed by atoms with Crippen LogP contribution in [-0.4, -0.2) is 44.1 Å². The minimum atomic E-state index is -0.0452. The molecule has 1 aliphatic rings. The number of piperazine rings is 1. The molecule has 0 saturated carbocycles. The van der Waals surface area contributed by atoms with Crippen LogP contribution in [0.2, 0.25) is 5.02 Å². The summed E-state index contributed by atoms with van der Waals surface area (Å²) in [6.45, 7) is 7.05. The predicted octanol–water partition coefficient (Wildman–Crippen LogP) is 4.91. The molecule has 0 unspecified atom stereocenters. The van der Waals surface area contributed by atoms with Gasteiger partial charge in [-0.2, -0.15) is 0 Å². The number of hydrogen-bond donors (Lipinski definition) is 1. The van der Waals surface area contributed by atoms with Gasteiger partial charge in [0, 0.05) is 49.9 Å². The van der Waals surface area contributed by atoms with E-state index in [4.69, 9.17) is 16.3 Å².